The summed E-state index contributed by atoms with van der Waals surface area (Å²) >= 11 is 0. The maximum absolute atomic E-state index is 12.2. The number of halogens is 1. The molecule has 1 aliphatic heterocycles. The van der Waals surface area contributed by atoms with Crippen LogP contribution in [0.2, 0.25) is 0 Å². The molecule has 1 aliphatic carbocycles. The fourth-order valence-corrected chi connectivity index (χ4v) is 2.30. The maximum atomic E-state index is 12.2. The topological polar surface area (TPSA) is 32.3 Å². The van der Waals surface area contributed by atoms with Gasteiger partial charge in [0, 0.05) is 19.6 Å². The first-order valence-electron chi connectivity index (χ1n) is 6.30. The molecule has 0 aromatic rings. The van der Waals surface area contributed by atoms with E-state index in [9.17, 15) is 4.79 Å². The van der Waals surface area contributed by atoms with Crippen molar-refractivity contribution in [3.63, 3.8) is 0 Å². The molecule has 0 spiro atoms. The Morgan fingerprint density at radius 2 is 2.12 bits per heavy atom. The fourth-order valence-electron chi connectivity index (χ4n) is 2.30. The van der Waals surface area contributed by atoms with Crippen LogP contribution >= 0.6 is 12.4 Å². The van der Waals surface area contributed by atoms with Crippen molar-refractivity contribution >= 4 is 18.3 Å². The summed E-state index contributed by atoms with van der Waals surface area (Å²) in [7, 11) is 0. The van der Waals surface area contributed by atoms with Crippen molar-refractivity contribution in [2.24, 2.45) is 11.8 Å². The average Bonchev–Trinajstić information content (AvgIpc) is 2.88. The van der Waals surface area contributed by atoms with E-state index in [1.807, 2.05) is 0 Å². The summed E-state index contributed by atoms with van der Waals surface area (Å²) < 4.78 is 0. The third kappa shape index (κ3) is 3.63. The minimum atomic E-state index is 0. The van der Waals surface area contributed by atoms with Gasteiger partial charge in [0.2, 0.25) is 5.91 Å². The molecule has 1 N–H and O–H groups in total. The quantitative estimate of drug-likeness (QED) is 0.801. The monoisotopic (exact) mass is 246 g/mol. The van der Waals surface area contributed by atoms with Crippen LogP contribution in [0.1, 0.15) is 32.6 Å². The lowest BCUT2D eigenvalue weighted by Crippen LogP contribution is -2.38. The van der Waals surface area contributed by atoms with Crippen molar-refractivity contribution in [1.82, 2.24) is 10.2 Å². The van der Waals surface area contributed by atoms with Crippen LogP contribution in [0.15, 0.2) is 0 Å². The molecule has 4 heteroatoms. The molecule has 0 aromatic heterocycles. The van der Waals surface area contributed by atoms with Gasteiger partial charge in [0.15, 0.2) is 0 Å². The molecular weight excluding hydrogens is 224 g/mol. The first kappa shape index (κ1) is 13.8. The molecule has 1 heterocycles. The molecule has 3 nitrogen and oxygen atoms in total. The molecule has 1 unspecified atom stereocenters. The zero-order chi connectivity index (χ0) is 10.7. The number of nitrogens with zero attached hydrogens (tertiary/aromatic N) is 1. The zero-order valence-electron chi connectivity index (χ0n) is 10.1. The summed E-state index contributed by atoms with van der Waals surface area (Å²) in [5.41, 5.74) is 0. The molecule has 94 valence electrons. The first-order valence-corrected chi connectivity index (χ1v) is 6.30. The van der Waals surface area contributed by atoms with Crippen LogP contribution in [-0.2, 0) is 4.79 Å². The van der Waals surface area contributed by atoms with Gasteiger partial charge in [0.1, 0.15) is 0 Å². The number of nitrogens with one attached hydrogen (secondary N) is 1. The number of hydrogen-bond acceptors (Lipinski definition) is 2. The van der Waals surface area contributed by atoms with Crippen LogP contribution in [0, 0.1) is 11.8 Å². The predicted octanol–water partition coefficient (Wildman–Crippen LogP) is 1.67. The van der Waals surface area contributed by atoms with E-state index in [2.05, 4.69) is 17.1 Å². The van der Waals surface area contributed by atoms with Gasteiger partial charge in [-0.05, 0) is 38.1 Å². The van der Waals surface area contributed by atoms with Crippen molar-refractivity contribution in [3.8, 4) is 0 Å². The van der Waals surface area contributed by atoms with Gasteiger partial charge in [-0.1, -0.05) is 6.92 Å². The lowest BCUT2D eigenvalue weighted by molar-refractivity contribution is -0.135. The van der Waals surface area contributed by atoms with E-state index >= 15 is 0 Å². The van der Waals surface area contributed by atoms with Gasteiger partial charge in [-0.15, -0.1) is 12.4 Å². The van der Waals surface area contributed by atoms with Crippen LogP contribution in [0.4, 0.5) is 0 Å². The largest absolute Gasteiger partial charge is 0.342 e. The fraction of sp³-hybridized carbons (Fsp3) is 0.917. The third-order valence-electron chi connectivity index (χ3n) is 3.39. The molecule has 16 heavy (non-hydrogen) atoms. The molecule has 1 amide bonds. The lowest BCUT2D eigenvalue weighted by atomic mass is 10.1. The van der Waals surface area contributed by atoms with Gasteiger partial charge in [-0.25, -0.2) is 0 Å². The van der Waals surface area contributed by atoms with Crippen LogP contribution in [0.3, 0.4) is 0 Å². The van der Waals surface area contributed by atoms with E-state index in [-0.39, 0.29) is 18.3 Å². The molecule has 2 fully saturated rings. The highest BCUT2D eigenvalue weighted by molar-refractivity contribution is 5.85. The van der Waals surface area contributed by atoms with E-state index in [0.717, 1.165) is 44.9 Å². The highest BCUT2D eigenvalue weighted by atomic mass is 35.5. The van der Waals surface area contributed by atoms with Gasteiger partial charge in [0.25, 0.3) is 0 Å². The van der Waals surface area contributed by atoms with Crippen molar-refractivity contribution in [3.05, 3.63) is 0 Å². The Labute approximate surface area is 104 Å². The van der Waals surface area contributed by atoms with Crippen LogP contribution in [-0.4, -0.2) is 37.0 Å². The normalized spacial score (nSPS) is 23.9. The molecule has 1 atom stereocenters. The van der Waals surface area contributed by atoms with Crippen LogP contribution in [0.25, 0.3) is 0 Å². The van der Waals surface area contributed by atoms with Gasteiger partial charge in [-0.3, -0.25) is 4.79 Å². The molecule has 2 rings (SSSR count). The average molecular weight is 247 g/mol. The number of rotatable bonds is 5. The van der Waals surface area contributed by atoms with Crippen LogP contribution in [0.5, 0.6) is 0 Å². The smallest absolute Gasteiger partial charge is 0.227 e. The van der Waals surface area contributed by atoms with E-state index in [1.165, 1.54) is 12.8 Å². The third-order valence-corrected chi connectivity index (χ3v) is 3.39. The predicted molar refractivity (Wildman–Crippen MR) is 67.8 cm³/mol. The second kappa shape index (κ2) is 6.45. The Kier molecular flexibility index (Phi) is 5.56. The molecule has 1 saturated carbocycles. The minimum Gasteiger partial charge on any atom is -0.342 e. The Balaban J connectivity index is 0.00000128. The molecular formula is C12H23ClN2O. The van der Waals surface area contributed by atoms with Crippen molar-refractivity contribution in [2.45, 2.75) is 32.6 Å². The standard InChI is InChI=1S/C12H22N2O.ClH/c1-2-7-14(9-10-3-4-10)12(15)11-5-6-13-8-11;/h10-11,13H,2-9H2,1H3;1H. The van der Waals surface area contributed by atoms with E-state index in [4.69, 9.17) is 0 Å². The Morgan fingerprint density at radius 3 is 2.62 bits per heavy atom. The van der Waals surface area contributed by atoms with Gasteiger partial charge in [-0.2, -0.15) is 0 Å². The SMILES string of the molecule is CCCN(CC1CC1)C(=O)C1CCNC1.Cl. The van der Waals surface area contributed by atoms with Crippen molar-refractivity contribution < 1.29 is 4.79 Å². The van der Waals surface area contributed by atoms with E-state index in [1.54, 1.807) is 0 Å². The minimum absolute atomic E-state index is 0. The second-order valence-electron chi connectivity index (χ2n) is 4.92. The maximum Gasteiger partial charge on any atom is 0.227 e. The number of amides is 1. The molecule has 0 radical (unpaired) electrons. The number of hydrogen-bond donors (Lipinski definition) is 1. The summed E-state index contributed by atoms with van der Waals surface area (Å²) in [6.45, 7) is 6.03. The summed E-state index contributed by atoms with van der Waals surface area (Å²) in [6.07, 6.45) is 4.77. The van der Waals surface area contributed by atoms with Crippen LogP contribution < -0.4 is 5.32 Å². The first-order chi connectivity index (χ1) is 7.31. The van der Waals surface area contributed by atoms with Gasteiger partial charge < -0.3 is 10.2 Å². The van der Waals surface area contributed by atoms with Crippen molar-refractivity contribution in [2.75, 3.05) is 26.2 Å². The highest BCUT2D eigenvalue weighted by Gasteiger charge is 2.31. The lowest BCUT2D eigenvalue weighted by Gasteiger charge is -2.24. The summed E-state index contributed by atoms with van der Waals surface area (Å²) in [5, 5.41) is 3.27. The Morgan fingerprint density at radius 1 is 1.38 bits per heavy atom. The second-order valence-corrected chi connectivity index (χ2v) is 4.92. The van der Waals surface area contributed by atoms with Gasteiger partial charge in [0.05, 0.1) is 5.92 Å². The Bertz CT molecular complexity index is 225. The number of carbonyl (C=O) groups is 1. The number of carbonyl (C=O) groups excluding carboxylic acids is 1. The Hall–Kier alpha value is -0.280. The zero-order valence-corrected chi connectivity index (χ0v) is 10.9. The highest BCUT2D eigenvalue weighted by Crippen LogP contribution is 2.30. The molecule has 0 aromatic carbocycles. The van der Waals surface area contributed by atoms with Gasteiger partial charge >= 0.3 is 0 Å². The summed E-state index contributed by atoms with van der Waals surface area (Å²) in [4.78, 5) is 14.3. The summed E-state index contributed by atoms with van der Waals surface area (Å²) in [5.74, 6) is 1.47. The molecule has 2 aliphatic rings. The van der Waals surface area contributed by atoms with E-state index < -0.39 is 0 Å². The molecule has 0 bridgehead atoms. The summed E-state index contributed by atoms with van der Waals surface area (Å²) in [6, 6.07) is 0. The van der Waals surface area contributed by atoms with E-state index in [0.29, 0.717) is 5.91 Å². The van der Waals surface area contributed by atoms with Crippen molar-refractivity contribution in [1.29, 1.82) is 0 Å². The molecule has 1 saturated heterocycles.